The van der Waals surface area contributed by atoms with E-state index in [0.29, 0.717) is 6.20 Å². The van der Waals surface area contributed by atoms with E-state index < -0.39 is 53.7 Å². The summed E-state index contributed by atoms with van der Waals surface area (Å²) >= 11 is 0. The van der Waals surface area contributed by atoms with Gasteiger partial charge in [-0.05, 0) is 24.6 Å². The lowest BCUT2D eigenvalue weighted by molar-refractivity contribution is -0.147. The van der Waals surface area contributed by atoms with E-state index in [9.17, 15) is 31.4 Å². The zero-order valence-corrected chi connectivity index (χ0v) is 12.4. The minimum Gasteiger partial charge on any atom is -0.382 e. The van der Waals surface area contributed by atoms with Crippen molar-refractivity contribution < 1.29 is 31.4 Å². The molecule has 1 aromatic carbocycles. The molecule has 0 amide bonds. The van der Waals surface area contributed by atoms with E-state index in [1.54, 1.807) is 0 Å². The first-order valence-corrected chi connectivity index (χ1v) is 7.11. The Morgan fingerprint density at radius 3 is 2.56 bits per heavy atom. The van der Waals surface area contributed by atoms with Crippen LogP contribution in [0.3, 0.4) is 0 Å². The summed E-state index contributed by atoms with van der Waals surface area (Å²) in [5, 5.41) is 9.77. The fourth-order valence-electron chi connectivity index (χ4n) is 2.95. The molecule has 0 radical (unpaired) electrons. The number of aliphatic hydroxyl groups is 1. The maximum Gasteiger partial charge on any atom is 0.418 e. The number of hydrogen-bond donors (Lipinski definition) is 1. The number of rotatable bonds is 1. The largest absolute Gasteiger partial charge is 0.418 e. The number of alkyl halides is 5. The summed E-state index contributed by atoms with van der Waals surface area (Å²) < 4.78 is 81.6. The van der Waals surface area contributed by atoms with Crippen LogP contribution in [0.1, 0.15) is 29.3 Å². The molecule has 2 aromatic rings. The first-order valence-electron chi connectivity index (χ1n) is 7.11. The second-order valence-electron chi connectivity index (χ2n) is 5.68. The van der Waals surface area contributed by atoms with Gasteiger partial charge in [-0.1, -0.05) is 0 Å². The minimum atomic E-state index is -4.95. The highest BCUT2D eigenvalue weighted by Gasteiger charge is 2.50. The van der Waals surface area contributed by atoms with Crippen molar-refractivity contribution >= 4 is 5.69 Å². The average Bonchev–Trinajstić information content (AvgIpc) is 2.92. The Hall–Kier alpha value is -2.47. The summed E-state index contributed by atoms with van der Waals surface area (Å²) in [7, 11) is 0. The lowest BCUT2D eigenvalue weighted by Crippen LogP contribution is -2.33. The molecule has 132 valence electrons. The average molecular weight is 360 g/mol. The molecule has 1 aromatic heterocycles. The number of fused-ring (bicyclic) bond motifs is 1. The molecule has 0 saturated heterocycles. The molecule has 3 rings (SSSR count). The zero-order chi connectivity index (χ0) is 18.6. The van der Waals surface area contributed by atoms with Gasteiger partial charge >= 0.3 is 6.18 Å². The van der Waals surface area contributed by atoms with Gasteiger partial charge in [0, 0.05) is 29.6 Å². The van der Waals surface area contributed by atoms with Gasteiger partial charge in [-0.15, -0.1) is 0 Å². The van der Waals surface area contributed by atoms with Gasteiger partial charge in [-0.25, -0.2) is 18.0 Å². The predicted octanol–water partition coefficient (Wildman–Crippen LogP) is 4.80. The summed E-state index contributed by atoms with van der Waals surface area (Å²) in [6.07, 6.45) is -8.17. The fraction of sp³-hybridized carbons (Fsp3) is 0.312. The Morgan fingerprint density at radius 2 is 1.96 bits per heavy atom. The van der Waals surface area contributed by atoms with Gasteiger partial charge in [0.2, 0.25) is 5.69 Å². The lowest BCUT2D eigenvalue weighted by Gasteiger charge is -2.29. The number of aromatic nitrogens is 1. The third kappa shape index (κ3) is 2.76. The van der Waals surface area contributed by atoms with E-state index in [1.807, 2.05) is 0 Å². The van der Waals surface area contributed by atoms with Gasteiger partial charge in [0.15, 0.2) is 0 Å². The van der Waals surface area contributed by atoms with Crippen LogP contribution in [0.25, 0.3) is 10.5 Å². The third-order valence-electron chi connectivity index (χ3n) is 4.15. The van der Waals surface area contributed by atoms with Crippen LogP contribution in [-0.4, -0.2) is 15.6 Å². The minimum absolute atomic E-state index is 0.0246. The van der Waals surface area contributed by atoms with Gasteiger partial charge in [0.1, 0.15) is 11.9 Å². The van der Waals surface area contributed by atoms with E-state index in [-0.39, 0.29) is 11.4 Å². The Balaban J connectivity index is 2.26. The van der Waals surface area contributed by atoms with Crippen molar-refractivity contribution in [3.05, 3.63) is 58.5 Å². The van der Waals surface area contributed by atoms with Crippen LogP contribution in [-0.2, 0) is 12.6 Å². The first-order chi connectivity index (χ1) is 11.6. The van der Waals surface area contributed by atoms with Crippen molar-refractivity contribution in [1.82, 2.24) is 4.57 Å². The molecule has 1 N–H and O–H groups in total. The monoisotopic (exact) mass is 360 g/mol. The van der Waals surface area contributed by atoms with E-state index in [0.717, 1.165) is 22.8 Å². The second kappa shape index (κ2) is 5.52. The molecule has 1 heterocycles. The van der Waals surface area contributed by atoms with Crippen molar-refractivity contribution in [2.45, 2.75) is 31.0 Å². The summed E-state index contributed by atoms with van der Waals surface area (Å²) in [4.78, 5) is 2.93. The van der Waals surface area contributed by atoms with Gasteiger partial charge in [0.25, 0.3) is 5.92 Å². The van der Waals surface area contributed by atoms with Gasteiger partial charge in [0.05, 0.1) is 12.1 Å². The number of nitrogens with zero attached hydrogens (tertiary/aromatic N) is 2. The first kappa shape index (κ1) is 17.4. The second-order valence-corrected chi connectivity index (χ2v) is 5.68. The van der Waals surface area contributed by atoms with E-state index in [2.05, 4.69) is 4.85 Å². The van der Waals surface area contributed by atoms with Gasteiger partial charge in [-0.2, -0.15) is 13.2 Å². The van der Waals surface area contributed by atoms with E-state index in [4.69, 9.17) is 6.57 Å². The summed E-state index contributed by atoms with van der Waals surface area (Å²) in [5.74, 6) is -4.52. The molecule has 0 bridgehead atoms. The number of aliphatic hydroxyl groups excluding tert-OH is 1. The van der Waals surface area contributed by atoms with Crippen molar-refractivity contribution in [2.24, 2.45) is 0 Å². The molecule has 3 nitrogen and oxygen atoms in total. The molecule has 0 aliphatic heterocycles. The maximum absolute atomic E-state index is 13.7. The van der Waals surface area contributed by atoms with Crippen LogP contribution in [0.2, 0.25) is 0 Å². The normalized spacial score (nSPS) is 19.4. The Bertz CT molecular complexity index is 878. The Kier molecular flexibility index (Phi) is 3.84. The van der Waals surface area contributed by atoms with E-state index >= 15 is 0 Å². The van der Waals surface area contributed by atoms with Crippen molar-refractivity contribution in [3.63, 3.8) is 0 Å². The molecular weight excluding hydrogens is 350 g/mol. The van der Waals surface area contributed by atoms with Crippen LogP contribution >= 0.6 is 0 Å². The van der Waals surface area contributed by atoms with Crippen LogP contribution in [0.4, 0.5) is 32.0 Å². The highest BCUT2D eigenvalue weighted by Crippen LogP contribution is 2.48. The third-order valence-corrected chi connectivity index (χ3v) is 4.15. The van der Waals surface area contributed by atoms with E-state index in [1.165, 1.54) is 0 Å². The maximum atomic E-state index is 13.7. The van der Waals surface area contributed by atoms with Crippen molar-refractivity contribution in [3.8, 4) is 5.69 Å². The molecule has 9 heteroatoms. The van der Waals surface area contributed by atoms with Gasteiger partial charge in [-0.3, -0.25) is 0 Å². The summed E-state index contributed by atoms with van der Waals surface area (Å²) in [6.45, 7) is 6.88. The molecule has 0 saturated carbocycles. The zero-order valence-electron chi connectivity index (χ0n) is 12.4. The quantitative estimate of drug-likeness (QED) is 0.575. The summed E-state index contributed by atoms with van der Waals surface area (Å²) in [6, 6.07) is 3.09. The van der Waals surface area contributed by atoms with Crippen molar-refractivity contribution in [2.75, 3.05) is 0 Å². The number of benzene rings is 1. The number of halogens is 6. The van der Waals surface area contributed by atoms with Crippen LogP contribution in [0.15, 0.2) is 24.4 Å². The smallest absolute Gasteiger partial charge is 0.382 e. The lowest BCUT2D eigenvalue weighted by atomic mass is 9.89. The molecule has 0 fully saturated rings. The number of hydrogen-bond acceptors (Lipinski definition) is 1. The fourth-order valence-corrected chi connectivity index (χ4v) is 2.95. The topological polar surface area (TPSA) is 29.5 Å². The van der Waals surface area contributed by atoms with Crippen molar-refractivity contribution in [1.29, 1.82) is 0 Å². The Morgan fingerprint density at radius 1 is 1.28 bits per heavy atom. The van der Waals surface area contributed by atoms with Crippen LogP contribution in [0, 0.1) is 12.4 Å². The Labute approximate surface area is 137 Å². The molecule has 1 aliphatic carbocycles. The molecule has 25 heavy (non-hydrogen) atoms. The SMILES string of the molecule is [C-]#[N+]c1cc(-n2cc(C(F)(F)F)c3c2CCC(F)(F)[C@@H]3O)ccc1F. The van der Waals surface area contributed by atoms with Crippen LogP contribution in [0.5, 0.6) is 0 Å². The standard InChI is InChI=1S/C16H10F6N2O/c1-23-11-6-8(2-3-10(11)17)24-7-9(16(20,21)22)13-12(24)4-5-15(18,19)14(13)25/h2-3,6-7,14,25H,4-5H2/t14-/m1/s1. The molecular formula is C16H10F6N2O. The van der Waals surface area contributed by atoms with Crippen LogP contribution < -0.4 is 0 Å². The molecule has 0 unspecified atom stereocenters. The predicted molar refractivity (Wildman–Crippen MR) is 75.2 cm³/mol. The molecule has 1 aliphatic rings. The highest BCUT2D eigenvalue weighted by atomic mass is 19.4. The highest BCUT2D eigenvalue weighted by molar-refractivity contribution is 5.55. The molecule has 1 atom stereocenters. The van der Waals surface area contributed by atoms with Gasteiger partial charge < -0.3 is 9.67 Å². The molecule has 0 spiro atoms. The summed E-state index contributed by atoms with van der Waals surface area (Å²) in [5.41, 5.74) is -2.76.